The summed E-state index contributed by atoms with van der Waals surface area (Å²) in [7, 11) is 3.01. The second-order valence-electron chi connectivity index (χ2n) is 4.54. The Balaban J connectivity index is 3.14. The van der Waals surface area contributed by atoms with Gasteiger partial charge in [-0.05, 0) is 32.9 Å². The number of benzene rings is 1. The molecule has 0 radical (unpaired) electrons. The number of hydrogen-bond acceptors (Lipinski definition) is 4. The van der Waals surface area contributed by atoms with Gasteiger partial charge in [-0.15, -0.1) is 0 Å². The van der Waals surface area contributed by atoms with Gasteiger partial charge in [0, 0.05) is 0 Å². The largest absolute Gasteiger partial charge is 0.496 e. The van der Waals surface area contributed by atoms with E-state index in [-0.39, 0.29) is 0 Å². The topological polar surface area (TPSA) is 44.8 Å². The Kier molecular flexibility index (Phi) is 3.99. The third-order valence-electron chi connectivity index (χ3n) is 2.03. The molecule has 0 aromatic heterocycles. The van der Waals surface area contributed by atoms with Crippen molar-refractivity contribution in [2.75, 3.05) is 14.2 Å². The molecule has 0 atom stereocenters. The van der Waals surface area contributed by atoms with E-state index in [1.165, 1.54) is 14.2 Å². The highest BCUT2D eigenvalue weighted by Crippen LogP contribution is 2.30. The fourth-order valence-corrected chi connectivity index (χ4v) is 1.38. The van der Waals surface area contributed by atoms with Gasteiger partial charge in [-0.1, -0.05) is 6.07 Å². The Hall–Kier alpha value is -1.71. The molecule has 0 N–H and O–H groups in total. The highest BCUT2D eigenvalue weighted by molar-refractivity contribution is 5.95. The average molecular weight is 238 g/mol. The average Bonchev–Trinajstić information content (AvgIpc) is 2.25. The van der Waals surface area contributed by atoms with Crippen molar-refractivity contribution < 1.29 is 19.0 Å². The van der Waals surface area contributed by atoms with Crippen LogP contribution in [0, 0.1) is 0 Å². The summed E-state index contributed by atoms with van der Waals surface area (Å²) < 4.78 is 15.6. The molecule has 1 rings (SSSR count). The molecule has 0 unspecified atom stereocenters. The van der Waals surface area contributed by atoms with Gasteiger partial charge in [0.15, 0.2) is 0 Å². The zero-order valence-electron chi connectivity index (χ0n) is 10.9. The number of hydrogen-bond donors (Lipinski definition) is 0. The molecule has 1 aromatic carbocycles. The molecule has 0 bridgehead atoms. The first kappa shape index (κ1) is 13.4. The predicted octanol–water partition coefficient (Wildman–Crippen LogP) is 2.66. The summed E-state index contributed by atoms with van der Waals surface area (Å²) in [6.07, 6.45) is 0. The van der Waals surface area contributed by atoms with Crippen LogP contribution in [0.5, 0.6) is 11.5 Å². The van der Waals surface area contributed by atoms with Crippen LogP contribution in [0.25, 0.3) is 0 Å². The maximum absolute atomic E-state index is 12.0. The first-order chi connectivity index (χ1) is 7.89. The Bertz CT molecular complexity index is 382. The van der Waals surface area contributed by atoms with Crippen molar-refractivity contribution in [3.05, 3.63) is 23.8 Å². The third kappa shape index (κ3) is 3.37. The Morgan fingerprint density at radius 1 is 1.06 bits per heavy atom. The standard InChI is InChI=1S/C13H18O4/c1-13(2,3)17-12(14)11-9(15-4)7-6-8-10(11)16-5/h6-8H,1-5H3. The van der Waals surface area contributed by atoms with Crippen LogP contribution in [0.3, 0.4) is 0 Å². The van der Waals surface area contributed by atoms with Crippen LogP contribution >= 0.6 is 0 Å². The minimum atomic E-state index is -0.553. The third-order valence-corrected chi connectivity index (χ3v) is 2.03. The number of carbonyl (C=O) groups excluding carboxylic acids is 1. The molecule has 1 aromatic rings. The highest BCUT2D eigenvalue weighted by Gasteiger charge is 2.24. The first-order valence-electron chi connectivity index (χ1n) is 5.33. The lowest BCUT2D eigenvalue weighted by Gasteiger charge is -2.21. The molecule has 0 saturated heterocycles. The number of esters is 1. The Morgan fingerprint density at radius 3 is 1.88 bits per heavy atom. The summed E-state index contributed by atoms with van der Waals surface area (Å²) in [5.41, 5.74) is -0.240. The van der Waals surface area contributed by atoms with E-state index < -0.39 is 11.6 Å². The quantitative estimate of drug-likeness (QED) is 0.759. The lowest BCUT2D eigenvalue weighted by molar-refractivity contribution is 0.00634. The fraction of sp³-hybridized carbons (Fsp3) is 0.462. The molecule has 17 heavy (non-hydrogen) atoms. The highest BCUT2D eigenvalue weighted by atomic mass is 16.6. The summed E-state index contributed by atoms with van der Waals surface area (Å²) in [6, 6.07) is 5.15. The van der Waals surface area contributed by atoms with Gasteiger partial charge in [0.25, 0.3) is 0 Å². The van der Waals surface area contributed by atoms with Gasteiger partial charge in [0.05, 0.1) is 14.2 Å². The maximum atomic E-state index is 12.0. The van der Waals surface area contributed by atoms with Crippen molar-refractivity contribution in [3.8, 4) is 11.5 Å². The Labute approximate surface area is 101 Å². The van der Waals surface area contributed by atoms with Crippen molar-refractivity contribution in [2.45, 2.75) is 26.4 Å². The minimum absolute atomic E-state index is 0.312. The van der Waals surface area contributed by atoms with Gasteiger partial charge in [-0.25, -0.2) is 4.79 Å². The molecule has 0 aliphatic heterocycles. The van der Waals surface area contributed by atoms with E-state index >= 15 is 0 Å². The van der Waals surface area contributed by atoms with E-state index in [2.05, 4.69) is 0 Å². The van der Waals surface area contributed by atoms with Gasteiger partial charge in [-0.2, -0.15) is 0 Å². The zero-order valence-corrected chi connectivity index (χ0v) is 10.9. The number of ether oxygens (including phenoxy) is 3. The molecule has 4 nitrogen and oxygen atoms in total. The van der Waals surface area contributed by atoms with E-state index in [1.54, 1.807) is 18.2 Å². The summed E-state index contributed by atoms with van der Waals surface area (Å²) in [6.45, 7) is 5.44. The molecule has 0 aliphatic rings. The van der Waals surface area contributed by atoms with E-state index in [0.29, 0.717) is 17.1 Å². The summed E-state index contributed by atoms with van der Waals surface area (Å²) in [5.74, 6) is 0.434. The second-order valence-corrected chi connectivity index (χ2v) is 4.54. The van der Waals surface area contributed by atoms with Crippen LogP contribution in [-0.4, -0.2) is 25.8 Å². The van der Waals surface area contributed by atoms with Crippen molar-refractivity contribution in [1.82, 2.24) is 0 Å². The van der Waals surface area contributed by atoms with Gasteiger partial charge in [-0.3, -0.25) is 0 Å². The van der Waals surface area contributed by atoms with Gasteiger partial charge in [0.2, 0.25) is 0 Å². The molecule has 0 amide bonds. The van der Waals surface area contributed by atoms with Gasteiger partial charge >= 0.3 is 5.97 Å². The lowest BCUT2D eigenvalue weighted by atomic mass is 10.1. The molecule has 4 heteroatoms. The number of carbonyl (C=O) groups is 1. The van der Waals surface area contributed by atoms with E-state index in [9.17, 15) is 4.79 Å². The van der Waals surface area contributed by atoms with E-state index in [0.717, 1.165) is 0 Å². The second kappa shape index (κ2) is 5.08. The molecule has 0 saturated carbocycles. The minimum Gasteiger partial charge on any atom is -0.496 e. The molecule has 0 spiro atoms. The van der Waals surface area contributed by atoms with Crippen LogP contribution < -0.4 is 9.47 Å². The van der Waals surface area contributed by atoms with Gasteiger partial charge < -0.3 is 14.2 Å². The van der Waals surface area contributed by atoms with Crippen molar-refractivity contribution in [3.63, 3.8) is 0 Å². The summed E-state index contributed by atoms with van der Waals surface area (Å²) in [5, 5.41) is 0. The molecular weight excluding hydrogens is 220 g/mol. The van der Waals surface area contributed by atoms with Crippen molar-refractivity contribution in [2.24, 2.45) is 0 Å². The molecule has 94 valence electrons. The number of rotatable bonds is 3. The molecular formula is C13H18O4. The first-order valence-corrected chi connectivity index (χ1v) is 5.33. The monoisotopic (exact) mass is 238 g/mol. The van der Waals surface area contributed by atoms with Crippen LogP contribution in [0.1, 0.15) is 31.1 Å². The SMILES string of the molecule is COc1cccc(OC)c1C(=O)OC(C)(C)C. The van der Waals surface area contributed by atoms with E-state index in [1.807, 2.05) is 20.8 Å². The molecule has 0 aliphatic carbocycles. The molecule has 0 heterocycles. The van der Waals surface area contributed by atoms with E-state index in [4.69, 9.17) is 14.2 Å². The lowest BCUT2D eigenvalue weighted by Crippen LogP contribution is -2.24. The van der Waals surface area contributed by atoms with Crippen molar-refractivity contribution >= 4 is 5.97 Å². The smallest absolute Gasteiger partial charge is 0.346 e. The van der Waals surface area contributed by atoms with Gasteiger partial charge in [0.1, 0.15) is 22.7 Å². The fourth-order valence-electron chi connectivity index (χ4n) is 1.38. The summed E-state index contributed by atoms with van der Waals surface area (Å²) in [4.78, 5) is 12.0. The molecule has 0 fully saturated rings. The van der Waals surface area contributed by atoms with Crippen LogP contribution in [0.2, 0.25) is 0 Å². The maximum Gasteiger partial charge on any atom is 0.346 e. The van der Waals surface area contributed by atoms with Crippen LogP contribution in [-0.2, 0) is 4.74 Å². The number of methoxy groups -OCH3 is 2. The predicted molar refractivity (Wildman–Crippen MR) is 64.7 cm³/mol. The zero-order chi connectivity index (χ0) is 13.1. The van der Waals surface area contributed by atoms with Crippen molar-refractivity contribution in [1.29, 1.82) is 0 Å². The summed E-state index contributed by atoms with van der Waals surface area (Å²) >= 11 is 0. The Morgan fingerprint density at radius 2 is 1.53 bits per heavy atom. The van der Waals surface area contributed by atoms with Crippen LogP contribution in [0.15, 0.2) is 18.2 Å². The van der Waals surface area contributed by atoms with Crippen LogP contribution in [0.4, 0.5) is 0 Å². The normalized spacial score (nSPS) is 10.9.